The van der Waals surface area contributed by atoms with Gasteiger partial charge >= 0.3 is 0 Å². The molecule has 1 aromatic carbocycles. The van der Waals surface area contributed by atoms with E-state index in [1.807, 2.05) is 39.2 Å². The Labute approximate surface area is 162 Å². The van der Waals surface area contributed by atoms with Crippen LogP contribution in [0.4, 0.5) is 0 Å². The molecule has 6 nitrogen and oxygen atoms in total. The van der Waals surface area contributed by atoms with Crippen LogP contribution in [0.3, 0.4) is 0 Å². The van der Waals surface area contributed by atoms with E-state index in [1.165, 1.54) is 0 Å². The van der Waals surface area contributed by atoms with Crippen molar-refractivity contribution in [2.75, 3.05) is 39.8 Å². The molecule has 2 heterocycles. The third-order valence-electron chi connectivity index (χ3n) is 5.56. The minimum absolute atomic E-state index is 0.0139. The molecule has 0 spiro atoms. The van der Waals surface area contributed by atoms with Crippen molar-refractivity contribution in [3.05, 3.63) is 53.3 Å². The van der Waals surface area contributed by atoms with E-state index in [0.717, 1.165) is 43.0 Å². The molecular weight excluding hydrogens is 360 g/mol. The van der Waals surface area contributed by atoms with Crippen molar-refractivity contribution >= 4 is 10.0 Å². The van der Waals surface area contributed by atoms with Gasteiger partial charge in [0.1, 0.15) is 0 Å². The lowest BCUT2D eigenvalue weighted by Gasteiger charge is -2.38. The molecule has 1 saturated heterocycles. The number of hydrogen-bond acceptors (Lipinski definition) is 4. The maximum absolute atomic E-state index is 12.8. The maximum Gasteiger partial charge on any atom is 0.240 e. The number of benzene rings is 1. The lowest BCUT2D eigenvalue weighted by atomic mass is 10.1. The van der Waals surface area contributed by atoms with Crippen molar-refractivity contribution in [2.45, 2.75) is 24.8 Å². The van der Waals surface area contributed by atoms with Gasteiger partial charge in [-0.3, -0.25) is 4.90 Å². The van der Waals surface area contributed by atoms with E-state index in [0.29, 0.717) is 11.4 Å². The van der Waals surface area contributed by atoms with E-state index < -0.39 is 10.0 Å². The molecule has 1 aliphatic heterocycles. The van der Waals surface area contributed by atoms with Gasteiger partial charge < -0.3 is 9.47 Å². The summed E-state index contributed by atoms with van der Waals surface area (Å²) < 4.78 is 30.6. The van der Waals surface area contributed by atoms with Crippen molar-refractivity contribution in [1.82, 2.24) is 19.1 Å². The number of piperazine rings is 1. The zero-order chi connectivity index (χ0) is 19.6. The van der Waals surface area contributed by atoms with E-state index in [-0.39, 0.29) is 6.04 Å². The number of sulfonamides is 1. The third-order valence-corrected chi connectivity index (χ3v) is 6.98. The van der Waals surface area contributed by atoms with E-state index in [4.69, 9.17) is 0 Å². The highest BCUT2D eigenvalue weighted by atomic mass is 32.2. The fourth-order valence-corrected chi connectivity index (χ4v) is 4.65. The van der Waals surface area contributed by atoms with Crippen LogP contribution in [-0.2, 0) is 17.1 Å². The molecule has 0 saturated carbocycles. The van der Waals surface area contributed by atoms with Gasteiger partial charge in [0, 0.05) is 51.7 Å². The topological polar surface area (TPSA) is 57.6 Å². The van der Waals surface area contributed by atoms with E-state index in [1.54, 1.807) is 12.1 Å². The van der Waals surface area contributed by atoms with Crippen molar-refractivity contribution in [3.63, 3.8) is 0 Å². The monoisotopic (exact) mass is 390 g/mol. The first-order valence-electron chi connectivity index (χ1n) is 9.38. The van der Waals surface area contributed by atoms with Crippen LogP contribution in [0.15, 0.2) is 41.4 Å². The number of likely N-dealkylation sites (N-methyl/N-ethyl adjacent to an activating group) is 1. The lowest BCUT2D eigenvalue weighted by molar-refractivity contribution is 0.109. The molecule has 1 N–H and O–H groups in total. The summed E-state index contributed by atoms with van der Waals surface area (Å²) in [6.07, 6.45) is 2.01. The standard InChI is InChI=1S/C20H30N4O2S/c1-16-7-8-18(14-17(16)2)27(25,26)21-15-20(19-6-5-9-23(19)4)24-12-10-22(3)11-13-24/h5-9,14,20-21H,10-13,15H2,1-4H3. The van der Waals surface area contributed by atoms with Gasteiger partial charge in [0.2, 0.25) is 10.0 Å². The first-order valence-corrected chi connectivity index (χ1v) is 10.9. The van der Waals surface area contributed by atoms with Gasteiger partial charge in [0.25, 0.3) is 0 Å². The maximum atomic E-state index is 12.8. The summed E-state index contributed by atoms with van der Waals surface area (Å²) in [6, 6.07) is 9.38. The second kappa shape index (κ2) is 8.14. The number of aromatic nitrogens is 1. The molecule has 0 radical (unpaired) electrons. The quantitative estimate of drug-likeness (QED) is 0.819. The van der Waals surface area contributed by atoms with Crippen LogP contribution >= 0.6 is 0 Å². The van der Waals surface area contributed by atoms with Gasteiger partial charge in [-0.2, -0.15) is 0 Å². The van der Waals surface area contributed by atoms with Gasteiger partial charge in [-0.15, -0.1) is 0 Å². The van der Waals surface area contributed by atoms with E-state index in [9.17, 15) is 8.42 Å². The average molecular weight is 391 g/mol. The predicted octanol–water partition coefficient (Wildman–Crippen LogP) is 1.91. The molecule has 27 heavy (non-hydrogen) atoms. The highest BCUT2D eigenvalue weighted by Gasteiger charge is 2.27. The number of aryl methyl sites for hydroxylation is 3. The molecule has 2 aromatic rings. The summed E-state index contributed by atoms with van der Waals surface area (Å²) in [5.74, 6) is 0. The molecular formula is C20H30N4O2S. The van der Waals surface area contributed by atoms with E-state index >= 15 is 0 Å². The Morgan fingerprint density at radius 3 is 2.33 bits per heavy atom. The van der Waals surface area contributed by atoms with Crippen molar-refractivity contribution in [1.29, 1.82) is 0 Å². The fraction of sp³-hybridized carbons (Fsp3) is 0.500. The number of nitrogens with one attached hydrogen (secondary N) is 1. The summed E-state index contributed by atoms with van der Waals surface area (Å²) in [5, 5.41) is 0. The second-order valence-corrected chi connectivity index (χ2v) is 9.26. The first kappa shape index (κ1) is 20.1. The molecule has 0 amide bonds. The van der Waals surface area contributed by atoms with Gasteiger partial charge in [-0.25, -0.2) is 13.1 Å². The Hall–Kier alpha value is -1.67. The summed E-state index contributed by atoms with van der Waals surface area (Å²) in [6.45, 7) is 8.12. The average Bonchev–Trinajstić information content (AvgIpc) is 3.05. The molecule has 1 unspecified atom stereocenters. The highest BCUT2D eigenvalue weighted by Crippen LogP contribution is 2.23. The fourth-order valence-electron chi connectivity index (χ4n) is 3.53. The van der Waals surface area contributed by atoms with Crippen LogP contribution in [-0.4, -0.2) is 62.6 Å². The molecule has 1 aliphatic rings. The second-order valence-electron chi connectivity index (χ2n) is 7.50. The Kier molecular flexibility index (Phi) is 6.05. The normalized spacial score (nSPS) is 17.9. The molecule has 148 valence electrons. The van der Waals surface area contributed by atoms with Gasteiger partial charge in [0.15, 0.2) is 0 Å². The summed E-state index contributed by atoms with van der Waals surface area (Å²) in [5.41, 5.74) is 3.20. The lowest BCUT2D eigenvalue weighted by Crippen LogP contribution is -2.48. The van der Waals surface area contributed by atoms with Crippen LogP contribution in [0, 0.1) is 13.8 Å². The van der Waals surface area contributed by atoms with Crippen LogP contribution < -0.4 is 4.72 Å². The van der Waals surface area contributed by atoms with Gasteiger partial charge in [-0.1, -0.05) is 6.07 Å². The van der Waals surface area contributed by atoms with Crippen molar-refractivity contribution in [2.24, 2.45) is 7.05 Å². The smallest absolute Gasteiger partial charge is 0.240 e. The molecule has 3 rings (SSSR count). The molecule has 0 bridgehead atoms. The van der Waals surface area contributed by atoms with Crippen LogP contribution in [0.5, 0.6) is 0 Å². The van der Waals surface area contributed by atoms with Crippen LogP contribution in [0.1, 0.15) is 22.9 Å². The molecule has 1 atom stereocenters. The summed E-state index contributed by atoms with van der Waals surface area (Å²) in [7, 11) is 0.588. The summed E-state index contributed by atoms with van der Waals surface area (Å²) >= 11 is 0. The van der Waals surface area contributed by atoms with Gasteiger partial charge in [0.05, 0.1) is 10.9 Å². The Morgan fingerprint density at radius 2 is 1.74 bits per heavy atom. The highest BCUT2D eigenvalue weighted by molar-refractivity contribution is 7.89. The van der Waals surface area contributed by atoms with E-state index in [2.05, 4.69) is 32.2 Å². The van der Waals surface area contributed by atoms with Crippen molar-refractivity contribution < 1.29 is 8.42 Å². The van der Waals surface area contributed by atoms with Crippen molar-refractivity contribution in [3.8, 4) is 0 Å². The molecule has 1 aromatic heterocycles. The predicted molar refractivity (Wildman–Crippen MR) is 108 cm³/mol. The van der Waals surface area contributed by atoms with Crippen LogP contribution in [0.2, 0.25) is 0 Å². The SMILES string of the molecule is Cc1ccc(S(=O)(=O)NCC(c2cccn2C)N2CCN(C)CC2)cc1C. The third kappa shape index (κ3) is 4.60. The number of hydrogen-bond donors (Lipinski definition) is 1. The Bertz CT molecular complexity index is 883. The molecule has 7 heteroatoms. The largest absolute Gasteiger partial charge is 0.353 e. The minimum atomic E-state index is -3.54. The van der Waals surface area contributed by atoms with Gasteiger partial charge in [-0.05, 0) is 56.3 Å². The zero-order valence-corrected chi connectivity index (χ0v) is 17.5. The number of rotatable bonds is 6. The Morgan fingerprint density at radius 1 is 1.04 bits per heavy atom. The molecule has 1 fully saturated rings. The molecule has 0 aliphatic carbocycles. The first-order chi connectivity index (χ1) is 12.8. The number of nitrogens with zero attached hydrogens (tertiary/aromatic N) is 3. The minimum Gasteiger partial charge on any atom is -0.353 e. The zero-order valence-electron chi connectivity index (χ0n) is 16.6. The Balaban J connectivity index is 1.79. The summed E-state index contributed by atoms with van der Waals surface area (Å²) in [4.78, 5) is 5.00. The van der Waals surface area contributed by atoms with Crippen LogP contribution in [0.25, 0.3) is 0 Å².